The van der Waals surface area contributed by atoms with E-state index < -0.39 is 0 Å². The number of halogens is 2. The minimum atomic E-state index is 0. The van der Waals surface area contributed by atoms with Gasteiger partial charge in [0.25, 0.3) is 0 Å². The first-order chi connectivity index (χ1) is 30.7. The van der Waals surface area contributed by atoms with Crippen molar-refractivity contribution in [3.8, 4) is 0 Å². The van der Waals surface area contributed by atoms with Gasteiger partial charge in [0, 0.05) is 0 Å². The van der Waals surface area contributed by atoms with E-state index >= 15 is 0 Å². The maximum absolute atomic E-state index is 3.44. The van der Waals surface area contributed by atoms with Gasteiger partial charge in [-0.2, -0.15) is 34.4 Å². The van der Waals surface area contributed by atoms with Crippen molar-refractivity contribution in [2.75, 3.05) is 0 Å². The van der Waals surface area contributed by atoms with Crippen LogP contribution in [0.4, 0.5) is 0 Å². The van der Waals surface area contributed by atoms with Gasteiger partial charge in [0.15, 0.2) is 0 Å². The van der Waals surface area contributed by atoms with Crippen molar-refractivity contribution < 1.29 is 68.2 Å². The predicted molar refractivity (Wildman–Crippen MR) is 289 cm³/mol. The van der Waals surface area contributed by atoms with Gasteiger partial charge in [0.1, 0.15) is 0 Å². The molecule has 4 fully saturated rings. The maximum Gasteiger partial charge on any atom is 2.00 e. The van der Waals surface area contributed by atoms with Crippen molar-refractivity contribution in [3.63, 3.8) is 0 Å². The van der Waals surface area contributed by atoms with Crippen LogP contribution in [0.1, 0.15) is 198 Å². The van der Waals surface area contributed by atoms with E-state index in [0.29, 0.717) is 0 Å². The van der Waals surface area contributed by atoms with Gasteiger partial charge in [-0.1, -0.05) is 171 Å². The van der Waals surface area contributed by atoms with Crippen molar-refractivity contribution in [3.05, 3.63) is 118 Å². The average molecular weight is 1060 g/mol. The van der Waals surface area contributed by atoms with Crippen LogP contribution in [0.3, 0.4) is 0 Å². The zero-order valence-electron chi connectivity index (χ0n) is 44.0. The molecule has 0 aromatic heterocycles. The van der Waals surface area contributed by atoms with Crippen molar-refractivity contribution >= 4 is 48.0 Å². The molecule has 0 spiro atoms. The van der Waals surface area contributed by atoms with Crippen LogP contribution in [0.5, 0.6) is 0 Å². The summed E-state index contributed by atoms with van der Waals surface area (Å²) < 4.78 is 0. The zero-order chi connectivity index (χ0) is 45.4. The summed E-state index contributed by atoms with van der Waals surface area (Å²) in [7, 11) is 0.122. The molecule has 0 bridgehead atoms. The van der Waals surface area contributed by atoms with Crippen LogP contribution in [0.15, 0.2) is 106 Å². The Hall–Kier alpha value is -0.511. The standard InChI is InChI=1S/2C21H28P.2C10H15.2ClH.2Ti/c2*1-3-11-19(12-4-1)22(20-13-5-2-6-14-20)21-15-17-9-7-8-10-18(17)16-21;2*1-7-6-10(4,5)9(3)8(7)2;;;;/h2*7-10,15-16,19-20H,1-6,11-14H2;2*1-5H3;2*1H;;/q4*-1;;;2*+2/p-2. The predicted octanol–water partition coefficient (Wildman–Crippen LogP) is 12.9. The summed E-state index contributed by atoms with van der Waals surface area (Å²) in [5.74, 6) is 0. The molecule has 6 heteroatoms. The molecular formula is C62H86Cl2P2Ti2-2. The van der Waals surface area contributed by atoms with E-state index in [-0.39, 0.29) is 94.9 Å². The summed E-state index contributed by atoms with van der Waals surface area (Å²) in [6.45, 7) is 21.8. The van der Waals surface area contributed by atoms with E-state index in [4.69, 9.17) is 0 Å². The molecule has 10 rings (SSSR count). The van der Waals surface area contributed by atoms with E-state index in [2.05, 4.69) is 154 Å². The first-order valence-corrected chi connectivity index (χ1v) is 29.2. The molecule has 0 atom stereocenters. The van der Waals surface area contributed by atoms with E-state index in [1.54, 1.807) is 10.6 Å². The quantitative estimate of drug-likeness (QED) is 0.103. The van der Waals surface area contributed by atoms with Gasteiger partial charge in [0.2, 0.25) is 0 Å². The summed E-state index contributed by atoms with van der Waals surface area (Å²) in [4.78, 5) is 0. The molecule has 0 N–H and O–H groups in total. The van der Waals surface area contributed by atoms with Crippen LogP contribution in [0.2, 0.25) is 0 Å². The van der Waals surface area contributed by atoms with Crippen molar-refractivity contribution in [2.24, 2.45) is 10.8 Å². The number of hydrogen-bond acceptors (Lipinski definition) is 0. The fraction of sp³-hybridized carbons (Fsp3) is 0.581. The molecule has 0 amide bonds. The average Bonchev–Trinajstić information content (AvgIpc) is 4.02. The van der Waals surface area contributed by atoms with Crippen LogP contribution >= 0.6 is 15.8 Å². The van der Waals surface area contributed by atoms with Crippen molar-refractivity contribution in [2.45, 2.75) is 220 Å². The molecule has 0 unspecified atom stereocenters. The third-order valence-corrected chi connectivity index (χ3v) is 23.7. The Kier molecular flexibility index (Phi) is 26.2. The van der Waals surface area contributed by atoms with Crippen molar-refractivity contribution in [1.29, 1.82) is 0 Å². The van der Waals surface area contributed by atoms with Crippen LogP contribution in [0.25, 0.3) is 21.5 Å². The van der Waals surface area contributed by atoms with Gasteiger partial charge in [-0.25, -0.2) is 11.1 Å². The zero-order valence-corrected chi connectivity index (χ0v) is 50.5. The molecule has 4 aromatic carbocycles. The monoisotopic (exact) mass is 1060 g/mol. The molecule has 0 radical (unpaired) electrons. The molecule has 0 heterocycles. The molecule has 68 heavy (non-hydrogen) atoms. The number of fused-ring (bicyclic) bond motifs is 2. The second-order valence-corrected chi connectivity index (χ2v) is 27.5. The van der Waals surface area contributed by atoms with Gasteiger partial charge < -0.3 is 24.8 Å². The Morgan fingerprint density at radius 3 is 0.897 bits per heavy atom. The van der Waals surface area contributed by atoms with Crippen LogP contribution < -0.4 is 35.4 Å². The molecule has 6 aliphatic carbocycles. The normalized spacial score (nSPS) is 20.9. The van der Waals surface area contributed by atoms with E-state index in [1.165, 1.54) is 183 Å². The Balaban J connectivity index is 0.000000251. The number of allylic oxidation sites excluding steroid dienone is 8. The number of rotatable bonds is 6. The second kappa shape index (κ2) is 28.8. The Morgan fingerprint density at radius 2 is 0.691 bits per heavy atom. The Bertz CT molecular complexity index is 2000. The van der Waals surface area contributed by atoms with E-state index in [1.807, 2.05) is 0 Å². The molecule has 368 valence electrons. The fourth-order valence-electron chi connectivity index (χ4n) is 12.3. The fourth-order valence-corrected chi connectivity index (χ4v) is 20.0. The van der Waals surface area contributed by atoms with Crippen LogP contribution in [-0.2, 0) is 43.4 Å². The third kappa shape index (κ3) is 15.8. The smallest absolute Gasteiger partial charge is 1.00 e. The van der Waals surface area contributed by atoms with E-state index in [9.17, 15) is 0 Å². The van der Waals surface area contributed by atoms with E-state index in [0.717, 1.165) is 22.6 Å². The molecule has 4 saturated carbocycles. The maximum atomic E-state index is 3.44. The van der Waals surface area contributed by atoms with Gasteiger partial charge in [0.05, 0.1) is 0 Å². The molecule has 0 nitrogen and oxygen atoms in total. The largest absolute Gasteiger partial charge is 2.00 e. The van der Waals surface area contributed by atoms with Crippen molar-refractivity contribution in [1.82, 2.24) is 0 Å². The number of hydrogen-bond donors (Lipinski definition) is 0. The minimum Gasteiger partial charge on any atom is -1.00 e. The first-order valence-electron chi connectivity index (χ1n) is 26.2. The summed E-state index contributed by atoms with van der Waals surface area (Å²) in [6.07, 6.45) is 36.7. The summed E-state index contributed by atoms with van der Waals surface area (Å²) in [5.41, 5.74) is 12.9. The number of benzene rings is 2. The Labute approximate surface area is 461 Å². The molecule has 4 aromatic rings. The molecule has 6 aliphatic rings. The SMILES string of the molecule is CC1=[C-]C(C)(C)C(C)=C1C.CC1=[C-]C(C)(C)C(C)=C1C.[Cl-].[Cl-].[Ti+2].[Ti+2].c1ccc2[cH-]c(P(C3CCCCC3)C3CCCCC3)cc2c1.c1ccc2[cH-]c(P(C3CCCCC3)C3CCCCC3)cc2c1. The minimum absolute atomic E-state index is 0. The Morgan fingerprint density at radius 1 is 0.426 bits per heavy atom. The topological polar surface area (TPSA) is 0 Å². The van der Waals surface area contributed by atoms with Gasteiger partial charge >= 0.3 is 43.4 Å². The van der Waals surface area contributed by atoms with Crippen LogP contribution in [0, 0.1) is 23.0 Å². The molecule has 0 aliphatic heterocycles. The second-order valence-electron chi connectivity index (χ2n) is 21.9. The van der Waals surface area contributed by atoms with Gasteiger partial charge in [-0.05, 0) is 74.0 Å². The third-order valence-electron chi connectivity index (χ3n) is 16.8. The summed E-state index contributed by atoms with van der Waals surface area (Å²) in [6, 6.07) is 28.1. The summed E-state index contributed by atoms with van der Waals surface area (Å²) in [5, 5.41) is 9.34. The first kappa shape index (κ1) is 61.8. The van der Waals surface area contributed by atoms with Crippen LogP contribution in [-0.4, -0.2) is 22.6 Å². The molecular weight excluding hydrogens is 973 g/mol. The summed E-state index contributed by atoms with van der Waals surface area (Å²) >= 11 is 0. The van der Waals surface area contributed by atoms with Gasteiger partial charge in [-0.15, -0.1) is 94.5 Å². The van der Waals surface area contributed by atoms with Gasteiger partial charge in [-0.3, -0.25) is 12.2 Å². The molecule has 0 saturated heterocycles.